The molecule has 1 amide bonds. The van der Waals surface area contributed by atoms with E-state index in [0.29, 0.717) is 11.5 Å². The predicted molar refractivity (Wildman–Crippen MR) is 132 cm³/mol. The molecule has 1 fully saturated rings. The van der Waals surface area contributed by atoms with E-state index in [1.165, 1.54) is 11.1 Å². The normalized spacial score (nSPS) is 14.4. The topological polar surface area (TPSA) is 44.4 Å². The maximum Gasteiger partial charge on any atom is 0.227 e. The minimum absolute atomic E-state index is 0.0509. The van der Waals surface area contributed by atoms with Crippen molar-refractivity contribution in [2.24, 2.45) is 0 Å². The van der Waals surface area contributed by atoms with Gasteiger partial charge in [-0.2, -0.15) is 0 Å². The van der Waals surface area contributed by atoms with E-state index in [-0.39, 0.29) is 11.9 Å². The molecule has 158 valence electrons. The monoisotopic (exact) mass is 429 g/mol. The lowest BCUT2D eigenvalue weighted by atomic mass is 9.95. The van der Waals surface area contributed by atoms with Gasteiger partial charge in [0.25, 0.3) is 0 Å². The highest BCUT2D eigenvalue weighted by atomic mass is 32.1. The van der Waals surface area contributed by atoms with Gasteiger partial charge in [0.1, 0.15) is 0 Å². The van der Waals surface area contributed by atoms with Gasteiger partial charge in [-0.15, -0.1) is 0 Å². The summed E-state index contributed by atoms with van der Waals surface area (Å²) in [6.45, 7) is 4.94. The molecule has 2 N–H and O–H groups in total. The lowest BCUT2D eigenvalue weighted by Gasteiger charge is -2.24. The molecule has 1 aliphatic heterocycles. The Morgan fingerprint density at radius 3 is 2.39 bits per heavy atom. The van der Waals surface area contributed by atoms with Crippen molar-refractivity contribution in [2.75, 3.05) is 16.8 Å². The van der Waals surface area contributed by atoms with E-state index in [2.05, 4.69) is 47.9 Å². The molecule has 0 aromatic heterocycles. The van der Waals surface area contributed by atoms with Gasteiger partial charge in [-0.1, -0.05) is 54.6 Å². The number of amides is 1. The Morgan fingerprint density at radius 1 is 0.968 bits per heavy atom. The van der Waals surface area contributed by atoms with Crippen molar-refractivity contribution in [3.63, 3.8) is 0 Å². The smallest absolute Gasteiger partial charge is 0.227 e. The van der Waals surface area contributed by atoms with Crippen molar-refractivity contribution >= 4 is 34.6 Å². The first-order valence-electron chi connectivity index (χ1n) is 10.6. The molecule has 0 spiro atoms. The van der Waals surface area contributed by atoms with Crippen LogP contribution in [0.3, 0.4) is 0 Å². The zero-order chi connectivity index (χ0) is 21.8. The standard InChI is InChI=1S/C26H27N3OS/c1-18-9-6-7-12-22(18)25(20-10-4-3-5-11-20)28-26(31)27-21-14-15-23(19(2)17-21)29-16-8-13-24(29)30/h3-7,9-12,14-15,17,25H,8,13,16H2,1-2H3,(H2,27,28,31)/t25-/m1/s1. The quantitative estimate of drug-likeness (QED) is 0.525. The van der Waals surface area contributed by atoms with Gasteiger partial charge in [-0.25, -0.2) is 0 Å². The Labute approximate surface area is 189 Å². The minimum Gasteiger partial charge on any atom is -0.352 e. The van der Waals surface area contributed by atoms with E-state index < -0.39 is 0 Å². The molecule has 1 atom stereocenters. The van der Waals surface area contributed by atoms with Gasteiger partial charge in [0, 0.05) is 24.3 Å². The van der Waals surface area contributed by atoms with Gasteiger partial charge >= 0.3 is 0 Å². The average molecular weight is 430 g/mol. The number of aryl methyl sites for hydroxylation is 2. The van der Waals surface area contributed by atoms with Crippen LogP contribution >= 0.6 is 12.2 Å². The van der Waals surface area contributed by atoms with Crippen LogP contribution in [0.25, 0.3) is 0 Å². The fraction of sp³-hybridized carbons (Fsp3) is 0.231. The number of carbonyl (C=O) groups excluding carboxylic acids is 1. The summed E-state index contributed by atoms with van der Waals surface area (Å²) in [6.07, 6.45) is 1.55. The lowest BCUT2D eigenvalue weighted by Crippen LogP contribution is -2.33. The van der Waals surface area contributed by atoms with E-state index in [0.717, 1.165) is 35.5 Å². The molecule has 0 aliphatic carbocycles. The summed E-state index contributed by atoms with van der Waals surface area (Å²) in [4.78, 5) is 14.0. The molecule has 0 radical (unpaired) electrons. The highest BCUT2D eigenvalue weighted by Crippen LogP contribution is 2.28. The molecule has 4 nitrogen and oxygen atoms in total. The zero-order valence-electron chi connectivity index (χ0n) is 17.9. The van der Waals surface area contributed by atoms with Crippen LogP contribution in [0.4, 0.5) is 11.4 Å². The van der Waals surface area contributed by atoms with Gasteiger partial charge in [0.2, 0.25) is 5.91 Å². The summed E-state index contributed by atoms with van der Waals surface area (Å²) >= 11 is 5.67. The molecular formula is C26H27N3OS. The Morgan fingerprint density at radius 2 is 1.71 bits per heavy atom. The first kappa shape index (κ1) is 21.1. The second-order valence-electron chi connectivity index (χ2n) is 7.95. The highest BCUT2D eigenvalue weighted by Gasteiger charge is 2.23. The fourth-order valence-corrected chi connectivity index (χ4v) is 4.37. The van der Waals surface area contributed by atoms with Crippen LogP contribution in [0.15, 0.2) is 72.8 Å². The lowest BCUT2D eigenvalue weighted by molar-refractivity contribution is -0.117. The first-order valence-corrected chi connectivity index (χ1v) is 11.0. The number of nitrogens with zero attached hydrogens (tertiary/aromatic N) is 1. The molecule has 3 aromatic carbocycles. The fourth-order valence-electron chi connectivity index (χ4n) is 4.13. The first-order chi connectivity index (χ1) is 15.0. The van der Waals surface area contributed by atoms with Crippen molar-refractivity contribution in [2.45, 2.75) is 32.7 Å². The van der Waals surface area contributed by atoms with Gasteiger partial charge in [0.15, 0.2) is 5.11 Å². The Balaban J connectivity index is 1.53. The van der Waals surface area contributed by atoms with Gasteiger partial charge in [-0.05, 0) is 72.9 Å². The summed E-state index contributed by atoms with van der Waals surface area (Å²) < 4.78 is 0. The Kier molecular flexibility index (Phi) is 6.33. The Hall–Kier alpha value is -3.18. The number of hydrogen-bond acceptors (Lipinski definition) is 2. The van der Waals surface area contributed by atoms with E-state index in [9.17, 15) is 4.79 Å². The highest BCUT2D eigenvalue weighted by molar-refractivity contribution is 7.80. The maximum absolute atomic E-state index is 12.1. The SMILES string of the molecule is Cc1ccccc1[C@H](NC(=S)Nc1ccc(N2CCCC2=O)c(C)c1)c1ccccc1. The number of hydrogen-bond donors (Lipinski definition) is 2. The number of carbonyl (C=O) groups is 1. The van der Waals surface area contributed by atoms with Crippen molar-refractivity contribution in [3.8, 4) is 0 Å². The third-order valence-corrected chi connectivity index (χ3v) is 5.95. The number of thiocarbonyl (C=S) groups is 1. The third-order valence-electron chi connectivity index (χ3n) is 5.73. The number of rotatable bonds is 5. The molecule has 0 unspecified atom stereocenters. The van der Waals surface area contributed by atoms with E-state index in [1.807, 2.05) is 54.3 Å². The molecule has 31 heavy (non-hydrogen) atoms. The van der Waals surface area contributed by atoms with Crippen molar-refractivity contribution < 1.29 is 4.79 Å². The molecule has 1 saturated heterocycles. The number of nitrogens with one attached hydrogen (secondary N) is 2. The largest absolute Gasteiger partial charge is 0.352 e. The number of benzene rings is 3. The van der Waals surface area contributed by atoms with Crippen LogP contribution in [-0.4, -0.2) is 17.6 Å². The number of anilines is 2. The average Bonchev–Trinajstić information content (AvgIpc) is 3.19. The second kappa shape index (κ2) is 9.31. The summed E-state index contributed by atoms with van der Waals surface area (Å²) in [7, 11) is 0. The Bertz CT molecular complexity index is 1100. The summed E-state index contributed by atoms with van der Waals surface area (Å²) in [5, 5.41) is 7.37. The molecule has 5 heteroatoms. The molecule has 3 aromatic rings. The van der Waals surface area contributed by atoms with Gasteiger partial charge in [0.05, 0.1) is 6.04 Å². The van der Waals surface area contributed by atoms with Gasteiger partial charge in [-0.3, -0.25) is 4.79 Å². The molecule has 0 bridgehead atoms. The minimum atomic E-state index is -0.0509. The third kappa shape index (κ3) is 4.78. The van der Waals surface area contributed by atoms with E-state index in [4.69, 9.17) is 12.2 Å². The predicted octanol–water partition coefficient (Wildman–Crippen LogP) is 5.51. The maximum atomic E-state index is 12.1. The van der Waals surface area contributed by atoms with Crippen LogP contribution in [0.1, 0.15) is 41.1 Å². The molecule has 4 rings (SSSR count). The molecule has 1 heterocycles. The van der Waals surface area contributed by atoms with E-state index in [1.54, 1.807) is 0 Å². The van der Waals surface area contributed by atoms with Crippen molar-refractivity contribution in [1.29, 1.82) is 0 Å². The van der Waals surface area contributed by atoms with Crippen molar-refractivity contribution in [1.82, 2.24) is 5.32 Å². The van der Waals surface area contributed by atoms with Crippen LogP contribution < -0.4 is 15.5 Å². The molecular weight excluding hydrogens is 402 g/mol. The molecule has 1 aliphatic rings. The van der Waals surface area contributed by atoms with Crippen molar-refractivity contribution in [3.05, 3.63) is 95.1 Å². The molecule has 0 saturated carbocycles. The summed E-state index contributed by atoms with van der Waals surface area (Å²) in [6, 6.07) is 24.6. The van der Waals surface area contributed by atoms with Crippen LogP contribution in [0.2, 0.25) is 0 Å². The van der Waals surface area contributed by atoms with E-state index >= 15 is 0 Å². The van der Waals surface area contributed by atoms with Crippen LogP contribution in [-0.2, 0) is 4.79 Å². The van der Waals surface area contributed by atoms with Gasteiger partial charge < -0.3 is 15.5 Å². The summed E-state index contributed by atoms with van der Waals surface area (Å²) in [5.41, 5.74) is 6.50. The van der Waals surface area contributed by atoms with Crippen LogP contribution in [0, 0.1) is 13.8 Å². The second-order valence-corrected chi connectivity index (χ2v) is 8.36. The zero-order valence-corrected chi connectivity index (χ0v) is 18.7. The van der Waals surface area contributed by atoms with Crippen LogP contribution in [0.5, 0.6) is 0 Å². The summed E-state index contributed by atoms with van der Waals surface area (Å²) in [5.74, 6) is 0.199.